The summed E-state index contributed by atoms with van der Waals surface area (Å²) >= 11 is 0. The third-order valence-electron chi connectivity index (χ3n) is 4.78. The lowest BCUT2D eigenvalue weighted by atomic mass is 10.1. The zero-order valence-electron chi connectivity index (χ0n) is 15.5. The van der Waals surface area contributed by atoms with Crippen LogP contribution in [0, 0.1) is 0 Å². The van der Waals surface area contributed by atoms with Gasteiger partial charge in [-0.15, -0.1) is 0 Å². The van der Waals surface area contributed by atoms with Crippen LogP contribution in [0.15, 0.2) is 72.8 Å². The first-order chi connectivity index (χ1) is 13.2. The van der Waals surface area contributed by atoms with Crippen LogP contribution in [-0.2, 0) is 11.3 Å². The Balaban J connectivity index is 1.61. The molecule has 4 aromatic rings. The fourth-order valence-corrected chi connectivity index (χ4v) is 3.47. The number of anilines is 1. The molecule has 0 saturated carbocycles. The van der Waals surface area contributed by atoms with E-state index in [9.17, 15) is 4.79 Å². The van der Waals surface area contributed by atoms with Crippen molar-refractivity contribution >= 4 is 33.4 Å². The summed E-state index contributed by atoms with van der Waals surface area (Å²) < 4.78 is 8.00. The maximum absolute atomic E-state index is 12.5. The zero-order valence-corrected chi connectivity index (χ0v) is 15.5. The van der Waals surface area contributed by atoms with Gasteiger partial charge in [0.1, 0.15) is 5.75 Å². The largest absolute Gasteiger partial charge is 0.481 e. The molecule has 0 bridgehead atoms. The number of fused-ring (bicyclic) bond motifs is 3. The molecular weight excluding hydrogens is 336 g/mol. The van der Waals surface area contributed by atoms with Gasteiger partial charge in [-0.3, -0.25) is 4.79 Å². The van der Waals surface area contributed by atoms with Crippen molar-refractivity contribution in [2.75, 3.05) is 5.32 Å². The van der Waals surface area contributed by atoms with Gasteiger partial charge in [0.15, 0.2) is 6.10 Å². The Hall–Kier alpha value is -3.27. The Morgan fingerprint density at radius 3 is 2.44 bits per heavy atom. The Morgan fingerprint density at radius 1 is 0.963 bits per heavy atom. The van der Waals surface area contributed by atoms with Crippen LogP contribution in [0.2, 0.25) is 0 Å². The molecule has 1 amide bonds. The van der Waals surface area contributed by atoms with E-state index in [4.69, 9.17) is 4.74 Å². The molecule has 0 aliphatic rings. The van der Waals surface area contributed by atoms with Crippen LogP contribution in [0.1, 0.15) is 13.8 Å². The molecule has 1 N–H and O–H groups in total. The molecule has 1 heterocycles. The summed E-state index contributed by atoms with van der Waals surface area (Å²) in [6.07, 6.45) is -0.583. The summed E-state index contributed by atoms with van der Waals surface area (Å²) in [7, 11) is 0. The number of aromatic nitrogens is 1. The minimum absolute atomic E-state index is 0.169. The maximum atomic E-state index is 12.5. The van der Waals surface area contributed by atoms with E-state index in [2.05, 4.69) is 41.1 Å². The maximum Gasteiger partial charge on any atom is 0.265 e. The number of carbonyl (C=O) groups is 1. The SMILES string of the molecule is CCn1c2ccccc2c2cc(NC(=O)[C@H](C)Oc3ccccc3)ccc21. The van der Waals surface area contributed by atoms with Gasteiger partial charge in [-0.2, -0.15) is 0 Å². The molecule has 0 unspecified atom stereocenters. The zero-order chi connectivity index (χ0) is 18.8. The second-order valence-electron chi connectivity index (χ2n) is 6.56. The molecule has 0 radical (unpaired) electrons. The van der Waals surface area contributed by atoms with Gasteiger partial charge in [-0.1, -0.05) is 36.4 Å². The van der Waals surface area contributed by atoms with Crippen LogP contribution >= 0.6 is 0 Å². The van der Waals surface area contributed by atoms with Crippen molar-refractivity contribution < 1.29 is 9.53 Å². The van der Waals surface area contributed by atoms with Crippen LogP contribution in [-0.4, -0.2) is 16.6 Å². The molecule has 136 valence electrons. The van der Waals surface area contributed by atoms with Gasteiger partial charge >= 0.3 is 0 Å². The lowest BCUT2D eigenvalue weighted by Crippen LogP contribution is -2.30. The first-order valence-electron chi connectivity index (χ1n) is 9.21. The number of amides is 1. The Kier molecular flexibility index (Phi) is 4.55. The molecule has 0 spiro atoms. The summed E-state index contributed by atoms with van der Waals surface area (Å²) in [6, 6.07) is 23.8. The van der Waals surface area contributed by atoms with Gasteiger partial charge in [-0.05, 0) is 50.2 Å². The molecule has 0 fully saturated rings. The molecule has 4 heteroatoms. The van der Waals surface area contributed by atoms with Gasteiger partial charge in [0.2, 0.25) is 0 Å². The van der Waals surface area contributed by atoms with E-state index in [0.717, 1.165) is 17.6 Å². The van der Waals surface area contributed by atoms with Crippen molar-refractivity contribution in [3.8, 4) is 5.75 Å². The molecule has 27 heavy (non-hydrogen) atoms. The third-order valence-corrected chi connectivity index (χ3v) is 4.78. The summed E-state index contributed by atoms with van der Waals surface area (Å²) in [6.45, 7) is 4.80. The quantitative estimate of drug-likeness (QED) is 0.531. The van der Waals surface area contributed by atoms with Crippen molar-refractivity contribution in [3.05, 3.63) is 72.8 Å². The fourth-order valence-electron chi connectivity index (χ4n) is 3.47. The number of ether oxygens (including phenoxy) is 1. The molecule has 0 aliphatic heterocycles. The first kappa shape index (κ1) is 17.2. The van der Waals surface area contributed by atoms with Gasteiger partial charge in [-0.25, -0.2) is 0 Å². The number of rotatable bonds is 5. The second kappa shape index (κ2) is 7.16. The molecule has 4 nitrogen and oxygen atoms in total. The van der Waals surface area contributed by atoms with Crippen LogP contribution in [0.25, 0.3) is 21.8 Å². The average Bonchev–Trinajstić information content (AvgIpc) is 3.02. The fraction of sp³-hybridized carbons (Fsp3) is 0.174. The van der Waals surface area contributed by atoms with Crippen molar-refractivity contribution in [1.29, 1.82) is 0 Å². The number of hydrogen-bond acceptors (Lipinski definition) is 2. The second-order valence-corrected chi connectivity index (χ2v) is 6.56. The summed E-state index contributed by atoms with van der Waals surface area (Å²) in [5.74, 6) is 0.513. The average molecular weight is 358 g/mol. The standard InChI is InChI=1S/C23H22N2O2/c1-3-25-21-12-8-7-11-19(21)20-15-17(13-14-22(20)25)24-23(26)16(2)27-18-9-5-4-6-10-18/h4-16H,3H2,1-2H3,(H,24,26)/t16-/m0/s1. The van der Waals surface area contributed by atoms with Crippen molar-refractivity contribution in [1.82, 2.24) is 4.57 Å². The number of benzene rings is 3. The Bertz CT molecular complexity index is 1100. The number of nitrogens with zero attached hydrogens (tertiary/aromatic N) is 1. The van der Waals surface area contributed by atoms with E-state index < -0.39 is 6.10 Å². The Labute approximate surface area is 158 Å². The minimum Gasteiger partial charge on any atom is -0.481 e. The molecule has 1 aromatic heterocycles. The molecule has 1 atom stereocenters. The van der Waals surface area contributed by atoms with E-state index in [1.54, 1.807) is 6.92 Å². The normalized spacial score (nSPS) is 12.2. The van der Waals surface area contributed by atoms with Crippen LogP contribution in [0.5, 0.6) is 5.75 Å². The van der Waals surface area contributed by atoms with E-state index in [1.807, 2.05) is 48.5 Å². The van der Waals surface area contributed by atoms with Gasteiger partial charge in [0, 0.05) is 34.0 Å². The summed E-state index contributed by atoms with van der Waals surface area (Å²) in [4.78, 5) is 12.5. The van der Waals surface area contributed by atoms with E-state index >= 15 is 0 Å². The highest BCUT2D eigenvalue weighted by molar-refractivity contribution is 6.10. The third kappa shape index (κ3) is 3.26. The van der Waals surface area contributed by atoms with Crippen LogP contribution in [0.4, 0.5) is 5.69 Å². The van der Waals surface area contributed by atoms with Crippen molar-refractivity contribution in [3.63, 3.8) is 0 Å². The lowest BCUT2D eigenvalue weighted by Gasteiger charge is -2.15. The lowest BCUT2D eigenvalue weighted by molar-refractivity contribution is -0.122. The molecule has 0 saturated heterocycles. The number of hydrogen-bond donors (Lipinski definition) is 1. The van der Waals surface area contributed by atoms with Crippen molar-refractivity contribution in [2.24, 2.45) is 0 Å². The number of nitrogens with one attached hydrogen (secondary N) is 1. The van der Waals surface area contributed by atoms with Crippen molar-refractivity contribution in [2.45, 2.75) is 26.5 Å². The van der Waals surface area contributed by atoms with E-state index in [1.165, 1.54) is 16.4 Å². The molecule has 4 rings (SSSR count). The van der Waals surface area contributed by atoms with Gasteiger partial charge in [0.05, 0.1) is 0 Å². The van der Waals surface area contributed by atoms with E-state index in [-0.39, 0.29) is 5.91 Å². The summed E-state index contributed by atoms with van der Waals surface area (Å²) in [5, 5.41) is 5.31. The van der Waals surface area contributed by atoms with Crippen LogP contribution in [0.3, 0.4) is 0 Å². The number of aryl methyl sites for hydroxylation is 1. The molecule has 3 aromatic carbocycles. The summed E-state index contributed by atoms with van der Waals surface area (Å²) in [5.41, 5.74) is 3.15. The first-order valence-corrected chi connectivity index (χ1v) is 9.21. The molecular formula is C23H22N2O2. The topological polar surface area (TPSA) is 43.3 Å². The van der Waals surface area contributed by atoms with Gasteiger partial charge < -0.3 is 14.6 Å². The smallest absolute Gasteiger partial charge is 0.265 e. The predicted molar refractivity (Wildman–Crippen MR) is 110 cm³/mol. The predicted octanol–water partition coefficient (Wildman–Crippen LogP) is 5.22. The van der Waals surface area contributed by atoms with Crippen LogP contribution < -0.4 is 10.1 Å². The highest BCUT2D eigenvalue weighted by Crippen LogP contribution is 2.31. The monoisotopic (exact) mass is 358 g/mol. The van der Waals surface area contributed by atoms with Gasteiger partial charge in [0.25, 0.3) is 5.91 Å². The highest BCUT2D eigenvalue weighted by Gasteiger charge is 2.16. The highest BCUT2D eigenvalue weighted by atomic mass is 16.5. The Morgan fingerprint density at radius 2 is 1.67 bits per heavy atom. The minimum atomic E-state index is -0.583. The molecule has 0 aliphatic carbocycles. The number of carbonyl (C=O) groups excluding carboxylic acids is 1. The number of para-hydroxylation sites is 2. The van der Waals surface area contributed by atoms with E-state index in [0.29, 0.717) is 5.75 Å².